The summed E-state index contributed by atoms with van der Waals surface area (Å²) >= 11 is 6.61. The molecule has 1 amide bonds. The van der Waals surface area contributed by atoms with Gasteiger partial charge in [-0.2, -0.15) is 0 Å². The van der Waals surface area contributed by atoms with Gasteiger partial charge in [-0.15, -0.1) is 0 Å². The summed E-state index contributed by atoms with van der Waals surface area (Å²) in [5.41, 5.74) is 0.481. The molecule has 0 aromatic heterocycles. The van der Waals surface area contributed by atoms with E-state index in [-0.39, 0.29) is 18.4 Å². The zero-order valence-corrected chi connectivity index (χ0v) is 13.8. The van der Waals surface area contributed by atoms with Crippen molar-refractivity contribution in [3.8, 4) is 0 Å². The number of carbonyl (C=O) groups is 2. The highest BCUT2D eigenvalue weighted by Gasteiger charge is 2.22. The average Bonchev–Trinajstić information content (AvgIpc) is 2.26. The van der Waals surface area contributed by atoms with Crippen LogP contribution in [0.1, 0.15) is 24.2 Å². The third-order valence-corrected chi connectivity index (χ3v) is 3.64. The van der Waals surface area contributed by atoms with Crippen LogP contribution in [0, 0.1) is 11.8 Å². The average molecular weight is 393 g/mol. The summed E-state index contributed by atoms with van der Waals surface area (Å²) in [4.78, 5) is 23.0. The number of amides is 1. The maximum Gasteiger partial charge on any atom is 0.308 e. The zero-order chi connectivity index (χ0) is 14.6. The van der Waals surface area contributed by atoms with E-state index in [9.17, 15) is 9.59 Å². The molecule has 1 rings (SSSR count). The normalized spacial score (nSPS) is 12.3. The second kappa shape index (κ2) is 7.05. The quantitative estimate of drug-likeness (QED) is 0.807. The lowest BCUT2D eigenvalue weighted by Gasteiger charge is -2.16. The summed E-state index contributed by atoms with van der Waals surface area (Å²) in [6, 6.07) is 5.20. The molecule has 0 aliphatic carbocycles. The van der Waals surface area contributed by atoms with Crippen molar-refractivity contribution in [3.05, 3.63) is 32.7 Å². The van der Waals surface area contributed by atoms with Crippen molar-refractivity contribution in [1.29, 1.82) is 0 Å². The number of halogens is 2. The van der Waals surface area contributed by atoms with Crippen molar-refractivity contribution < 1.29 is 14.7 Å². The molecular weight excluding hydrogens is 378 g/mol. The van der Waals surface area contributed by atoms with Gasteiger partial charge in [-0.25, -0.2) is 0 Å². The fraction of sp³-hybridized carbons (Fsp3) is 0.385. The van der Waals surface area contributed by atoms with Crippen molar-refractivity contribution >= 4 is 43.7 Å². The Kier molecular flexibility index (Phi) is 6.00. The van der Waals surface area contributed by atoms with Gasteiger partial charge in [0.1, 0.15) is 0 Å². The van der Waals surface area contributed by atoms with Crippen molar-refractivity contribution in [2.75, 3.05) is 6.54 Å². The summed E-state index contributed by atoms with van der Waals surface area (Å²) in [6.07, 6.45) is 0. The van der Waals surface area contributed by atoms with Crippen molar-refractivity contribution in [2.45, 2.75) is 13.8 Å². The van der Waals surface area contributed by atoms with Crippen LogP contribution in [0.5, 0.6) is 0 Å². The standard InChI is InChI=1S/C13H15Br2NO3/c1-7(2)11(13(18)19)6-16-12(17)8-3-9(14)5-10(15)4-8/h3-5,7,11H,6H2,1-2H3,(H,16,17)(H,18,19). The first-order valence-electron chi connectivity index (χ1n) is 5.78. The highest BCUT2D eigenvalue weighted by molar-refractivity contribution is 9.11. The van der Waals surface area contributed by atoms with Gasteiger partial charge < -0.3 is 10.4 Å². The van der Waals surface area contributed by atoms with E-state index in [0.717, 1.165) is 8.95 Å². The van der Waals surface area contributed by atoms with Crippen LogP contribution in [0.25, 0.3) is 0 Å². The SMILES string of the molecule is CC(C)C(CNC(=O)c1cc(Br)cc(Br)c1)C(=O)O. The van der Waals surface area contributed by atoms with Gasteiger partial charge >= 0.3 is 5.97 Å². The molecule has 0 fully saturated rings. The van der Waals surface area contributed by atoms with E-state index in [4.69, 9.17) is 5.11 Å². The molecule has 1 aromatic carbocycles. The second-order valence-corrected chi connectivity index (χ2v) is 6.39. The minimum absolute atomic E-state index is 0.0351. The predicted octanol–water partition coefficient (Wildman–Crippen LogP) is 3.30. The Morgan fingerprint density at radius 2 is 1.74 bits per heavy atom. The lowest BCUT2D eigenvalue weighted by Crippen LogP contribution is -2.35. The van der Waals surface area contributed by atoms with Crippen molar-refractivity contribution in [1.82, 2.24) is 5.32 Å². The van der Waals surface area contributed by atoms with Crippen LogP contribution in [0.4, 0.5) is 0 Å². The minimum atomic E-state index is -0.897. The number of hydrogen-bond donors (Lipinski definition) is 2. The van der Waals surface area contributed by atoms with Crippen molar-refractivity contribution in [3.63, 3.8) is 0 Å². The molecule has 104 valence electrons. The topological polar surface area (TPSA) is 66.4 Å². The molecule has 0 saturated carbocycles. The summed E-state index contributed by atoms with van der Waals surface area (Å²) in [5.74, 6) is -1.80. The van der Waals surface area contributed by atoms with E-state index in [1.54, 1.807) is 12.1 Å². The van der Waals surface area contributed by atoms with Crippen LogP contribution < -0.4 is 5.32 Å². The molecule has 0 radical (unpaired) electrons. The third-order valence-electron chi connectivity index (χ3n) is 2.73. The monoisotopic (exact) mass is 391 g/mol. The second-order valence-electron chi connectivity index (χ2n) is 4.56. The minimum Gasteiger partial charge on any atom is -0.481 e. The van der Waals surface area contributed by atoms with E-state index in [2.05, 4.69) is 37.2 Å². The lowest BCUT2D eigenvalue weighted by atomic mass is 9.96. The number of benzene rings is 1. The molecule has 1 aromatic rings. The van der Waals surface area contributed by atoms with Gasteiger partial charge in [0.25, 0.3) is 5.91 Å². The molecule has 0 heterocycles. The fourth-order valence-electron chi connectivity index (χ4n) is 1.60. The molecule has 1 atom stereocenters. The summed E-state index contributed by atoms with van der Waals surface area (Å²) < 4.78 is 1.57. The highest BCUT2D eigenvalue weighted by Crippen LogP contribution is 2.20. The molecule has 0 spiro atoms. The predicted molar refractivity (Wildman–Crippen MR) is 80.1 cm³/mol. The first-order chi connectivity index (χ1) is 8.81. The zero-order valence-electron chi connectivity index (χ0n) is 10.6. The molecule has 0 bridgehead atoms. The number of hydrogen-bond acceptors (Lipinski definition) is 2. The Bertz CT molecular complexity index is 469. The van der Waals surface area contributed by atoms with E-state index in [0.29, 0.717) is 5.56 Å². The molecule has 0 saturated heterocycles. The molecule has 19 heavy (non-hydrogen) atoms. The van der Waals surface area contributed by atoms with Crippen LogP contribution in [-0.4, -0.2) is 23.5 Å². The third kappa shape index (κ3) is 4.95. The van der Waals surface area contributed by atoms with Crippen LogP contribution in [0.15, 0.2) is 27.1 Å². The largest absolute Gasteiger partial charge is 0.481 e. The Hall–Kier alpha value is -0.880. The van der Waals surface area contributed by atoms with Gasteiger partial charge in [-0.05, 0) is 24.1 Å². The van der Waals surface area contributed by atoms with Crippen LogP contribution in [-0.2, 0) is 4.79 Å². The number of rotatable bonds is 5. The van der Waals surface area contributed by atoms with Gasteiger partial charge in [0, 0.05) is 21.1 Å². The maximum absolute atomic E-state index is 12.0. The number of carboxylic acid groups (broad SMARTS) is 1. The fourth-order valence-corrected chi connectivity index (χ4v) is 2.89. The Balaban J connectivity index is 2.72. The summed E-state index contributed by atoms with van der Waals surface area (Å²) in [6.45, 7) is 3.76. The maximum atomic E-state index is 12.0. The highest BCUT2D eigenvalue weighted by atomic mass is 79.9. The van der Waals surface area contributed by atoms with Crippen LogP contribution in [0.2, 0.25) is 0 Å². The number of aliphatic carboxylic acids is 1. The van der Waals surface area contributed by atoms with Gasteiger partial charge in [-0.1, -0.05) is 45.7 Å². The lowest BCUT2D eigenvalue weighted by molar-refractivity contribution is -0.142. The molecule has 0 aliphatic rings. The van der Waals surface area contributed by atoms with Crippen LogP contribution >= 0.6 is 31.9 Å². The number of nitrogens with one attached hydrogen (secondary N) is 1. The van der Waals surface area contributed by atoms with Gasteiger partial charge in [0.2, 0.25) is 0 Å². The van der Waals surface area contributed by atoms with E-state index < -0.39 is 11.9 Å². The Labute approximate surface area is 128 Å². The number of carboxylic acids is 1. The smallest absolute Gasteiger partial charge is 0.308 e. The molecule has 0 aliphatic heterocycles. The summed E-state index contributed by atoms with van der Waals surface area (Å²) in [7, 11) is 0. The Morgan fingerprint density at radius 1 is 1.21 bits per heavy atom. The molecule has 1 unspecified atom stereocenters. The van der Waals surface area contributed by atoms with Crippen molar-refractivity contribution in [2.24, 2.45) is 11.8 Å². The van der Waals surface area contributed by atoms with Gasteiger partial charge in [0.15, 0.2) is 0 Å². The van der Waals surface area contributed by atoms with Gasteiger partial charge in [0.05, 0.1) is 5.92 Å². The van der Waals surface area contributed by atoms with E-state index >= 15 is 0 Å². The van der Waals surface area contributed by atoms with E-state index in [1.807, 2.05) is 19.9 Å². The Morgan fingerprint density at radius 3 is 2.16 bits per heavy atom. The van der Waals surface area contributed by atoms with E-state index in [1.165, 1.54) is 0 Å². The molecule has 4 nitrogen and oxygen atoms in total. The molecule has 2 N–H and O–H groups in total. The first kappa shape index (κ1) is 16.2. The number of carbonyl (C=O) groups excluding carboxylic acids is 1. The summed E-state index contributed by atoms with van der Waals surface area (Å²) in [5, 5.41) is 11.7. The molecular formula is C13H15Br2NO3. The van der Waals surface area contributed by atoms with Crippen LogP contribution in [0.3, 0.4) is 0 Å². The first-order valence-corrected chi connectivity index (χ1v) is 7.37. The van der Waals surface area contributed by atoms with Gasteiger partial charge in [-0.3, -0.25) is 9.59 Å². The molecule has 6 heteroatoms.